The Balaban J connectivity index is 2.33. The van der Waals surface area contributed by atoms with Crippen molar-refractivity contribution in [2.24, 2.45) is 0 Å². The number of nitrogens with zero attached hydrogens (tertiary/aromatic N) is 2. The highest BCUT2D eigenvalue weighted by Crippen LogP contribution is 2.17. The van der Waals surface area contributed by atoms with Gasteiger partial charge in [-0.05, 0) is 6.92 Å². The normalized spacial score (nSPS) is 18.9. The van der Waals surface area contributed by atoms with E-state index in [1.54, 1.807) is 0 Å². The monoisotopic (exact) mass is 293 g/mol. The molecule has 1 aromatic rings. The van der Waals surface area contributed by atoms with Crippen LogP contribution in [0.15, 0.2) is 10.9 Å². The molecule has 1 saturated heterocycles. The summed E-state index contributed by atoms with van der Waals surface area (Å²) in [5.74, 6) is 1.30. The molecule has 2 rings (SSSR count). The first-order chi connectivity index (χ1) is 10.0. The Labute approximate surface area is 124 Å². The number of likely N-dealkylation sites (N-methyl/N-ethyl adjacent to an activating group) is 1. The minimum absolute atomic E-state index is 0.0436. The van der Waals surface area contributed by atoms with Crippen LogP contribution in [0.2, 0.25) is 0 Å². The third kappa shape index (κ3) is 3.60. The Kier molecular flexibility index (Phi) is 4.95. The minimum atomic E-state index is -0.340. The summed E-state index contributed by atoms with van der Waals surface area (Å²) >= 11 is 0. The maximum absolute atomic E-state index is 12.2. The Morgan fingerprint density at radius 3 is 3.00 bits per heavy atom. The van der Waals surface area contributed by atoms with E-state index in [9.17, 15) is 9.59 Å². The number of hydrogen-bond donors (Lipinski definition) is 3. The molecule has 7 heteroatoms. The van der Waals surface area contributed by atoms with Crippen LogP contribution in [-0.2, 0) is 4.79 Å². The first-order valence-electron chi connectivity index (χ1n) is 7.39. The van der Waals surface area contributed by atoms with Crippen LogP contribution in [0.25, 0.3) is 0 Å². The molecule has 1 unspecified atom stereocenters. The van der Waals surface area contributed by atoms with Crippen molar-refractivity contribution in [3.05, 3.63) is 22.2 Å². The van der Waals surface area contributed by atoms with Crippen LogP contribution in [-0.4, -0.2) is 48.1 Å². The summed E-state index contributed by atoms with van der Waals surface area (Å²) in [7, 11) is 0. The number of H-pyrrole nitrogens is 1. The summed E-state index contributed by atoms with van der Waals surface area (Å²) in [5.41, 5.74) is -0.183. The van der Waals surface area contributed by atoms with Crippen molar-refractivity contribution in [2.75, 3.05) is 31.1 Å². The van der Waals surface area contributed by atoms with Crippen LogP contribution in [0, 0.1) is 0 Å². The Bertz CT molecular complexity index is 555. The largest absolute Gasteiger partial charge is 0.355 e. The van der Waals surface area contributed by atoms with E-state index in [1.165, 1.54) is 6.07 Å². The molecule has 1 fully saturated rings. The molecule has 2 heterocycles. The van der Waals surface area contributed by atoms with Gasteiger partial charge in [0.15, 0.2) is 0 Å². The minimum Gasteiger partial charge on any atom is -0.355 e. The fraction of sp³-hybridized carbons (Fsp3) is 0.643. The number of carbonyl (C=O) groups excluding carboxylic acids is 1. The van der Waals surface area contributed by atoms with Crippen molar-refractivity contribution in [1.82, 2.24) is 20.6 Å². The van der Waals surface area contributed by atoms with Crippen LogP contribution >= 0.6 is 0 Å². The molecular formula is C14H23N5O2. The maximum atomic E-state index is 12.2. The van der Waals surface area contributed by atoms with Crippen LogP contribution < -0.4 is 21.1 Å². The van der Waals surface area contributed by atoms with Crippen molar-refractivity contribution in [3.63, 3.8) is 0 Å². The average Bonchev–Trinajstić information content (AvgIpc) is 2.46. The molecule has 0 saturated carbocycles. The molecule has 0 aliphatic carbocycles. The zero-order valence-electron chi connectivity index (χ0n) is 12.8. The molecule has 0 bridgehead atoms. The highest BCUT2D eigenvalue weighted by molar-refractivity contribution is 5.85. The highest BCUT2D eigenvalue weighted by Gasteiger charge is 2.29. The number of carbonyl (C=O) groups is 1. The second-order valence-corrected chi connectivity index (χ2v) is 5.45. The molecule has 1 aliphatic heterocycles. The van der Waals surface area contributed by atoms with Gasteiger partial charge in [0.2, 0.25) is 5.91 Å². The van der Waals surface area contributed by atoms with E-state index in [2.05, 4.69) is 20.6 Å². The lowest BCUT2D eigenvalue weighted by molar-refractivity contribution is -0.122. The van der Waals surface area contributed by atoms with Gasteiger partial charge in [0.05, 0.1) is 0 Å². The predicted molar refractivity (Wildman–Crippen MR) is 81.6 cm³/mol. The Hall–Kier alpha value is -1.89. The summed E-state index contributed by atoms with van der Waals surface area (Å²) in [6, 6.07) is 1.12. The first-order valence-corrected chi connectivity index (χ1v) is 7.39. The highest BCUT2D eigenvalue weighted by atomic mass is 16.2. The summed E-state index contributed by atoms with van der Waals surface area (Å²) in [6.45, 7) is 8.39. The van der Waals surface area contributed by atoms with E-state index in [0.29, 0.717) is 31.3 Å². The second kappa shape index (κ2) is 6.71. The molecular weight excluding hydrogens is 270 g/mol. The summed E-state index contributed by atoms with van der Waals surface area (Å²) < 4.78 is 0. The quantitative estimate of drug-likeness (QED) is 0.716. The van der Waals surface area contributed by atoms with Gasteiger partial charge in [0, 0.05) is 38.2 Å². The molecule has 1 amide bonds. The predicted octanol–water partition coefficient (Wildman–Crippen LogP) is -0.192. The summed E-state index contributed by atoms with van der Waals surface area (Å²) in [5, 5.41) is 6.04. The van der Waals surface area contributed by atoms with E-state index in [1.807, 2.05) is 25.7 Å². The lowest BCUT2D eigenvalue weighted by Gasteiger charge is -2.36. The number of hydrogen-bond acceptors (Lipinski definition) is 5. The topological polar surface area (TPSA) is 90.1 Å². The fourth-order valence-corrected chi connectivity index (χ4v) is 2.39. The van der Waals surface area contributed by atoms with Gasteiger partial charge in [0.25, 0.3) is 5.56 Å². The number of anilines is 1. The summed E-state index contributed by atoms with van der Waals surface area (Å²) in [6.07, 6.45) is 0. The van der Waals surface area contributed by atoms with E-state index in [4.69, 9.17) is 0 Å². The number of amides is 1. The second-order valence-electron chi connectivity index (χ2n) is 5.45. The van der Waals surface area contributed by atoms with Gasteiger partial charge in [-0.3, -0.25) is 9.59 Å². The molecule has 1 aliphatic rings. The van der Waals surface area contributed by atoms with Crippen LogP contribution in [0.3, 0.4) is 0 Å². The van der Waals surface area contributed by atoms with Crippen LogP contribution in [0.1, 0.15) is 32.5 Å². The number of piperazine rings is 1. The van der Waals surface area contributed by atoms with Crippen molar-refractivity contribution >= 4 is 11.7 Å². The number of aromatic amines is 1. The van der Waals surface area contributed by atoms with Gasteiger partial charge in [-0.25, -0.2) is 4.98 Å². The van der Waals surface area contributed by atoms with Gasteiger partial charge in [-0.15, -0.1) is 0 Å². The zero-order valence-corrected chi connectivity index (χ0v) is 12.8. The van der Waals surface area contributed by atoms with Gasteiger partial charge in [0.1, 0.15) is 17.7 Å². The Morgan fingerprint density at radius 1 is 1.57 bits per heavy atom. The number of rotatable bonds is 4. The molecule has 3 N–H and O–H groups in total. The SMILES string of the molecule is CCNC(=O)C1CNCCN1c1cc(=O)[nH]c(C(C)C)n1. The number of aromatic nitrogens is 2. The molecule has 0 radical (unpaired) electrons. The van der Waals surface area contributed by atoms with Gasteiger partial charge in [-0.1, -0.05) is 13.8 Å². The molecule has 116 valence electrons. The molecule has 21 heavy (non-hydrogen) atoms. The average molecular weight is 293 g/mol. The van der Waals surface area contributed by atoms with Gasteiger partial charge < -0.3 is 20.5 Å². The van der Waals surface area contributed by atoms with Crippen molar-refractivity contribution in [2.45, 2.75) is 32.7 Å². The fourth-order valence-electron chi connectivity index (χ4n) is 2.39. The van der Waals surface area contributed by atoms with Crippen molar-refractivity contribution in [1.29, 1.82) is 0 Å². The molecule has 0 aromatic carbocycles. The first kappa shape index (κ1) is 15.5. The molecule has 1 aromatic heterocycles. The Morgan fingerprint density at radius 2 is 2.33 bits per heavy atom. The molecule has 7 nitrogen and oxygen atoms in total. The molecule has 0 spiro atoms. The molecule has 1 atom stereocenters. The van der Waals surface area contributed by atoms with Crippen molar-refractivity contribution in [3.8, 4) is 0 Å². The van der Waals surface area contributed by atoms with E-state index in [0.717, 1.165) is 6.54 Å². The van der Waals surface area contributed by atoms with Crippen LogP contribution in [0.4, 0.5) is 5.82 Å². The van der Waals surface area contributed by atoms with E-state index < -0.39 is 0 Å². The number of nitrogens with one attached hydrogen (secondary N) is 3. The van der Waals surface area contributed by atoms with E-state index in [-0.39, 0.29) is 23.4 Å². The van der Waals surface area contributed by atoms with E-state index >= 15 is 0 Å². The third-order valence-corrected chi connectivity index (χ3v) is 3.48. The van der Waals surface area contributed by atoms with Gasteiger partial charge >= 0.3 is 0 Å². The van der Waals surface area contributed by atoms with Crippen molar-refractivity contribution < 1.29 is 4.79 Å². The van der Waals surface area contributed by atoms with Gasteiger partial charge in [-0.2, -0.15) is 0 Å². The van der Waals surface area contributed by atoms with Crippen LogP contribution in [0.5, 0.6) is 0 Å². The smallest absolute Gasteiger partial charge is 0.252 e. The zero-order chi connectivity index (χ0) is 15.4. The lowest BCUT2D eigenvalue weighted by Crippen LogP contribution is -2.58. The standard InChI is InChI=1S/C14H23N5O2/c1-4-16-14(21)10-8-15-5-6-19(10)11-7-12(20)18-13(17-11)9(2)3/h7,9-10,15H,4-6,8H2,1-3H3,(H,16,21)(H,17,18,20). The summed E-state index contributed by atoms with van der Waals surface area (Å²) in [4.78, 5) is 33.2. The maximum Gasteiger partial charge on any atom is 0.252 e. The third-order valence-electron chi connectivity index (χ3n) is 3.48. The lowest BCUT2D eigenvalue weighted by atomic mass is 10.1.